The van der Waals surface area contributed by atoms with Crippen molar-refractivity contribution in [2.24, 2.45) is 0 Å². The van der Waals surface area contributed by atoms with Crippen molar-refractivity contribution in [1.82, 2.24) is 4.98 Å². The Morgan fingerprint density at radius 2 is 1.87 bits per heavy atom. The molecule has 0 amide bonds. The van der Waals surface area contributed by atoms with Crippen molar-refractivity contribution in [3.8, 4) is 0 Å². The second-order valence-corrected chi connectivity index (χ2v) is 3.73. The van der Waals surface area contributed by atoms with Crippen molar-refractivity contribution in [2.75, 3.05) is 0 Å². The summed E-state index contributed by atoms with van der Waals surface area (Å²) in [4.78, 5) is 4.42. The van der Waals surface area contributed by atoms with Gasteiger partial charge in [-0.25, -0.2) is 0 Å². The normalized spacial score (nSPS) is 12.0. The molecule has 15 heavy (non-hydrogen) atoms. The van der Waals surface area contributed by atoms with Gasteiger partial charge in [0.2, 0.25) is 0 Å². The first-order valence-electron chi connectivity index (χ1n) is 4.92. The average molecular weight is 193 g/mol. The zero-order valence-corrected chi connectivity index (χ0v) is 7.90. The van der Waals surface area contributed by atoms with E-state index in [1.165, 1.54) is 5.39 Å². The molecule has 0 N–H and O–H groups in total. The van der Waals surface area contributed by atoms with E-state index in [0.29, 0.717) is 0 Å². The molecular formula is C13H7NO. The van der Waals surface area contributed by atoms with E-state index in [2.05, 4.69) is 23.2 Å². The molecule has 0 fully saturated rings. The Hall–Kier alpha value is -2.09. The molecule has 0 aliphatic heterocycles. The summed E-state index contributed by atoms with van der Waals surface area (Å²) >= 11 is 0. The molecule has 4 rings (SSSR count). The third-order valence-corrected chi connectivity index (χ3v) is 2.89. The van der Waals surface area contributed by atoms with Gasteiger partial charge in [0.1, 0.15) is 11.2 Å². The highest BCUT2D eigenvalue weighted by Gasteiger charge is 2.12. The molecule has 70 valence electrons. The van der Waals surface area contributed by atoms with Crippen molar-refractivity contribution >= 4 is 32.8 Å². The number of fused-ring (bicyclic) bond motifs is 7. The van der Waals surface area contributed by atoms with Crippen molar-refractivity contribution in [3.05, 3.63) is 42.6 Å². The molecule has 0 spiro atoms. The van der Waals surface area contributed by atoms with Gasteiger partial charge in [0.15, 0.2) is 0 Å². The maximum Gasteiger partial charge on any atom is 0.137 e. The van der Waals surface area contributed by atoms with Crippen LogP contribution < -0.4 is 0 Å². The Morgan fingerprint density at radius 1 is 0.933 bits per heavy atom. The summed E-state index contributed by atoms with van der Waals surface area (Å²) in [6.07, 6.45) is 1.82. The number of hydrogen-bond acceptors (Lipinski definition) is 2. The topological polar surface area (TPSA) is 26.0 Å². The predicted octanol–water partition coefficient (Wildman–Crippen LogP) is 3.57. The van der Waals surface area contributed by atoms with Crippen molar-refractivity contribution in [2.45, 2.75) is 0 Å². The third-order valence-electron chi connectivity index (χ3n) is 2.89. The first-order valence-corrected chi connectivity index (χ1v) is 4.92. The largest absolute Gasteiger partial charge is 0.456 e. The highest BCUT2D eigenvalue weighted by molar-refractivity contribution is 6.18. The molecule has 0 aliphatic rings. The molecule has 0 aliphatic carbocycles. The van der Waals surface area contributed by atoms with E-state index in [4.69, 9.17) is 4.42 Å². The SMILES string of the molecule is c1cnc2c(c1)ccc1c3ccc(o3)c12. The summed E-state index contributed by atoms with van der Waals surface area (Å²) in [7, 11) is 0. The molecule has 0 unspecified atom stereocenters. The average Bonchev–Trinajstić information content (AvgIpc) is 2.89. The van der Waals surface area contributed by atoms with Crippen molar-refractivity contribution in [1.29, 1.82) is 0 Å². The lowest BCUT2D eigenvalue weighted by atomic mass is 10.1. The summed E-state index contributed by atoms with van der Waals surface area (Å²) in [5.74, 6) is 0. The fourth-order valence-electron chi connectivity index (χ4n) is 2.22. The second-order valence-electron chi connectivity index (χ2n) is 3.73. The predicted molar refractivity (Wildman–Crippen MR) is 60.2 cm³/mol. The lowest BCUT2D eigenvalue weighted by Crippen LogP contribution is -1.78. The minimum atomic E-state index is 0.935. The minimum absolute atomic E-state index is 0.935. The number of pyridine rings is 1. The van der Waals surface area contributed by atoms with Gasteiger partial charge in [-0.2, -0.15) is 0 Å². The van der Waals surface area contributed by atoms with Gasteiger partial charge in [0, 0.05) is 17.0 Å². The maximum atomic E-state index is 5.63. The third kappa shape index (κ3) is 0.773. The van der Waals surface area contributed by atoms with Gasteiger partial charge in [-0.1, -0.05) is 12.1 Å². The Morgan fingerprint density at radius 3 is 2.87 bits per heavy atom. The van der Waals surface area contributed by atoms with Crippen LogP contribution in [-0.4, -0.2) is 4.98 Å². The Kier molecular flexibility index (Phi) is 1.10. The summed E-state index contributed by atoms with van der Waals surface area (Å²) in [6.45, 7) is 0. The van der Waals surface area contributed by atoms with Gasteiger partial charge in [0.25, 0.3) is 0 Å². The Labute approximate surface area is 85.5 Å². The molecule has 1 aromatic carbocycles. The molecule has 0 saturated carbocycles. The van der Waals surface area contributed by atoms with E-state index in [0.717, 1.165) is 27.5 Å². The molecule has 0 atom stereocenters. The van der Waals surface area contributed by atoms with Crippen molar-refractivity contribution in [3.63, 3.8) is 0 Å². The van der Waals surface area contributed by atoms with Crippen LogP contribution in [0.1, 0.15) is 0 Å². The first-order chi connectivity index (χ1) is 7.43. The summed E-state index contributed by atoms with van der Waals surface area (Å²) < 4.78 is 5.63. The number of aromatic nitrogens is 1. The van der Waals surface area contributed by atoms with Crippen LogP contribution in [0.4, 0.5) is 0 Å². The van der Waals surface area contributed by atoms with Gasteiger partial charge in [-0.05, 0) is 24.3 Å². The van der Waals surface area contributed by atoms with Crippen LogP contribution in [0.25, 0.3) is 32.8 Å². The molecule has 0 radical (unpaired) electrons. The summed E-state index contributed by atoms with van der Waals surface area (Å²) in [5.41, 5.74) is 2.92. The zero-order valence-electron chi connectivity index (χ0n) is 7.90. The monoisotopic (exact) mass is 193 g/mol. The Bertz CT molecular complexity index is 769. The van der Waals surface area contributed by atoms with Crippen LogP contribution in [-0.2, 0) is 0 Å². The van der Waals surface area contributed by atoms with E-state index in [9.17, 15) is 0 Å². The van der Waals surface area contributed by atoms with E-state index in [-0.39, 0.29) is 0 Å². The molecule has 0 saturated heterocycles. The fourth-order valence-corrected chi connectivity index (χ4v) is 2.22. The molecule has 2 nitrogen and oxygen atoms in total. The molecule has 4 aromatic rings. The number of furan rings is 2. The van der Waals surface area contributed by atoms with Gasteiger partial charge in [0.05, 0.1) is 10.9 Å². The maximum absolute atomic E-state index is 5.63. The van der Waals surface area contributed by atoms with Gasteiger partial charge < -0.3 is 4.42 Å². The summed E-state index contributed by atoms with van der Waals surface area (Å²) in [5, 5.41) is 3.47. The Balaban J connectivity index is 2.44. The number of nitrogens with zero attached hydrogens (tertiary/aromatic N) is 1. The number of rotatable bonds is 0. The van der Waals surface area contributed by atoms with E-state index < -0.39 is 0 Å². The number of benzene rings is 2. The lowest BCUT2D eigenvalue weighted by molar-refractivity contribution is 0.679. The second kappa shape index (κ2) is 2.28. The minimum Gasteiger partial charge on any atom is -0.456 e. The van der Waals surface area contributed by atoms with E-state index in [1.807, 2.05) is 24.4 Å². The first kappa shape index (κ1) is 7.23. The van der Waals surface area contributed by atoms with Crippen molar-refractivity contribution < 1.29 is 4.42 Å². The summed E-state index contributed by atoms with van der Waals surface area (Å²) in [6, 6.07) is 12.2. The van der Waals surface area contributed by atoms with Crippen LogP contribution >= 0.6 is 0 Å². The van der Waals surface area contributed by atoms with Crippen LogP contribution in [0, 0.1) is 0 Å². The van der Waals surface area contributed by atoms with Crippen LogP contribution in [0.3, 0.4) is 0 Å². The lowest BCUT2D eigenvalue weighted by Gasteiger charge is -1.98. The molecular weight excluding hydrogens is 186 g/mol. The fraction of sp³-hybridized carbons (Fsp3) is 0. The van der Waals surface area contributed by atoms with E-state index >= 15 is 0 Å². The zero-order chi connectivity index (χ0) is 9.83. The van der Waals surface area contributed by atoms with Gasteiger partial charge >= 0.3 is 0 Å². The highest BCUT2D eigenvalue weighted by atomic mass is 16.3. The van der Waals surface area contributed by atoms with Crippen LogP contribution in [0.2, 0.25) is 0 Å². The molecule has 2 heteroatoms. The quantitative estimate of drug-likeness (QED) is 0.399. The molecule has 3 heterocycles. The molecule has 3 aromatic heterocycles. The van der Waals surface area contributed by atoms with Crippen LogP contribution in [0.15, 0.2) is 47.0 Å². The van der Waals surface area contributed by atoms with Gasteiger partial charge in [-0.3, -0.25) is 4.98 Å². The smallest absolute Gasteiger partial charge is 0.137 e. The molecule has 2 bridgehead atoms. The number of hydrogen-bond donors (Lipinski definition) is 0. The highest BCUT2D eigenvalue weighted by Crippen LogP contribution is 2.35. The standard InChI is InChI=1S/C13H7NO/c1-2-8-3-4-9-10-5-6-11(15-10)12(9)13(8)14-7-1/h1-7H. The van der Waals surface area contributed by atoms with E-state index in [1.54, 1.807) is 0 Å². The van der Waals surface area contributed by atoms with Gasteiger partial charge in [-0.15, -0.1) is 0 Å². The van der Waals surface area contributed by atoms with Crippen LogP contribution in [0.5, 0.6) is 0 Å².